The molecule has 31 heavy (non-hydrogen) atoms. The predicted molar refractivity (Wildman–Crippen MR) is 120 cm³/mol. The van der Waals surface area contributed by atoms with Gasteiger partial charge in [-0.25, -0.2) is 4.79 Å². The first-order valence-corrected chi connectivity index (χ1v) is 11.7. The Labute approximate surface area is 184 Å². The highest BCUT2D eigenvalue weighted by Crippen LogP contribution is 2.29. The Morgan fingerprint density at radius 2 is 1.74 bits per heavy atom. The number of carbonyl (C=O) groups is 1. The fourth-order valence-corrected chi connectivity index (χ4v) is 3.33. The third-order valence-electron chi connectivity index (χ3n) is 4.52. The largest absolute Gasteiger partial charge is 0.493 e. The minimum atomic E-state index is -3.73. The van der Waals surface area contributed by atoms with Crippen LogP contribution < -0.4 is 14.2 Å². The van der Waals surface area contributed by atoms with Crippen LogP contribution in [0, 0.1) is 0 Å². The summed E-state index contributed by atoms with van der Waals surface area (Å²) in [6.45, 7) is 5.14. The number of nitrogens with zero attached hydrogens (tertiary/aromatic N) is 1. The maximum atomic E-state index is 12.9. The van der Waals surface area contributed by atoms with Gasteiger partial charge in [-0.2, -0.15) is 8.42 Å². The zero-order valence-electron chi connectivity index (χ0n) is 18.5. The molecule has 0 aliphatic carbocycles. The van der Waals surface area contributed by atoms with E-state index in [9.17, 15) is 13.2 Å². The number of nitrogens with one attached hydrogen (secondary N) is 1. The van der Waals surface area contributed by atoms with E-state index in [2.05, 4.69) is 19.2 Å². The average molecular weight is 451 g/mol. The second-order valence-electron chi connectivity index (χ2n) is 7.39. The first kappa shape index (κ1) is 24.5. The molecule has 0 spiro atoms. The van der Waals surface area contributed by atoms with Gasteiger partial charge >= 0.3 is 16.1 Å². The van der Waals surface area contributed by atoms with Crippen LogP contribution in [-0.4, -0.2) is 53.0 Å². The Hall–Kier alpha value is -2.78. The Kier molecular flexibility index (Phi) is 8.70. The molecular formula is C22H30N2O6S. The van der Waals surface area contributed by atoms with Crippen molar-refractivity contribution >= 4 is 21.8 Å². The van der Waals surface area contributed by atoms with Crippen molar-refractivity contribution in [3.05, 3.63) is 53.6 Å². The molecule has 0 radical (unpaired) electrons. The molecule has 0 aliphatic heterocycles. The molecule has 8 nitrogen and oxygen atoms in total. The van der Waals surface area contributed by atoms with Gasteiger partial charge in [0.15, 0.2) is 11.5 Å². The smallest absolute Gasteiger partial charge is 0.322 e. The SMILES string of the molecule is COCCN(Cc1ccc(OC)c(OS(C)(=O)=O)c1)C(=O)Nc1ccc(C(C)C)cc1. The van der Waals surface area contributed by atoms with Crippen molar-refractivity contribution in [1.82, 2.24) is 4.90 Å². The van der Waals surface area contributed by atoms with Crippen molar-refractivity contribution in [3.8, 4) is 11.5 Å². The Morgan fingerprint density at radius 3 is 2.29 bits per heavy atom. The number of rotatable bonds is 10. The van der Waals surface area contributed by atoms with Gasteiger partial charge in [-0.15, -0.1) is 0 Å². The third-order valence-corrected chi connectivity index (χ3v) is 5.01. The highest BCUT2D eigenvalue weighted by atomic mass is 32.2. The molecule has 0 bridgehead atoms. The number of amides is 2. The molecular weight excluding hydrogens is 420 g/mol. The van der Waals surface area contributed by atoms with Crippen LogP contribution in [0.15, 0.2) is 42.5 Å². The van der Waals surface area contributed by atoms with Gasteiger partial charge in [-0.1, -0.05) is 32.0 Å². The molecule has 9 heteroatoms. The van der Waals surface area contributed by atoms with Crippen LogP contribution in [0.1, 0.15) is 30.9 Å². The standard InChI is InChI=1S/C22H30N2O6S/c1-16(2)18-7-9-19(10-8-18)23-22(25)24(12-13-28-3)15-17-6-11-20(29-4)21(14-17)30-31(5,26)27/h6-11,14,16H,12-13,15H2,1-5H3,(H,23,25). The van der Waals surface area contributed by atoms with Crippen LogP contribution in [0.25, 0.3) is 0 Å². The number of urea groups is 1. The quantitative estimate of drug-likeness (QED) is 0.553. The van der Waals surface area contributed by atoms with Crippen molar-refractivity contribution in [2.24, 2.45) is 0 Å². The molecule has 2 aromatic carbocycles. The van der Waals surface area contributed by atoms with Crippen LogP contribution in [0.4, 0.5) is 10.5 Å². The summed E-state index contributed by atoms with van der Waals surface area (Å²) in [5, 5.41) is 2.89. The molecule has 1 N–H and O–H groups in total. The molecule has 170 valence electrons. The highest BCUT2D eigenvalue weighted by molar-refractivity contribution is 7.86. The van der Waals surface area contributed by atoms with Crippen molar-refractivity contribution in [1.29, 1.82) is 0 Å². The molecule has 0 atom stereocenters. The molecule has 0 unspecified atom stereocenters. The van der Waals surface area contributed by atoms with Gasteiger partial charge in [0.2, 0.25) is 0 Å². The van der Waals surface area contributed by atoms with Crippen LogP contribution >= 0.6 is 0 Å². The summed E-state index contributed by atoms with van der Waals surface area (Å²) in [4.78, 5) is 14.5. The second kappa shape index (κ2) is 11.0. The summed E-state index contributed by atoms with van der Waals surface area (Å²) in [6.07, 6.45) is 0.960. The van der Waals surface area contributed by atoms with E-state index in [1.165, 1.54) is 12.7 Å². The van der Waals surface area contributed by atoms with Crippen molar-refractivity contribution < 1.29 is 26.9 Å². The molecule has 0 aromatic heterocycles. The van der Waals surface area contributed by atoms with Crippen LogP contribution in [-0.2, 0) is 21.4 Å². The normalized spacial score (nSPS) is 11.3. The molecule has 0 saturated heterocycles. The molecule has 0 saturated carbocycles. The van der Waals surface area contributed by atoms with E-state index in [0.717, 1.165) is 6.26 Å². The van der Waals surface area contributed by atoms with Crippen LogP contribution in [0.5, 0.6) is 11.5 Å². The van der Waals surface area contributed by atoms with Crippen molar-refractivity contribution in [2.75, 3.05) is 38.9 Å². The van der Waals surface area contributed by atoms with E-state index >= 15 is 0 Å². The first-order chi connectivity index (χ1) is 14.6. The van der Waals surface area contributed by atoms with Gasteiger partial charge in [0.1, 0.15) is 0 Å². The molecule has 2 rings (SSSR count). The van der Waals surface area contributed by atoms with Crippen LogP contribution in [0.2, 0.25) is 0 Å². The number of hydrogen-bond donors (Lipinski definition) is 1. The Balaban J connectivity index is 2.19. The van der Waals surface area contributed by atoms with Crippen LogP contribution in [0.3, 0.4) is 0 Å². The lowest BCUT2D eigenvalue weighted by atomic mass is 10.0. The molecule has 2 amide bonds. The minimum absolute atomic E-state index is 0.0684. The maximum absolute atomic E-state index is 12.9. The fraction of sp³-hybridized carbons (Fsp3) is 0.409. The third kappa shape index (κ3) is 7.76. The maximum Gasteiger partial charge on any atom is 0.322 e. The molecule has 2 aromatic rings. The van der Waals surface area contributed by atoms with Gasteiger partial charge in [-0.3, -0.25) is 0 Å². The lowest BCUT2D eigenvalue weighted by molar-refractivity contribution is 0.153. The summed E-state index contributed by atoms with van der Waals surface area (Å²) in [5.74, 6) is 0.757. The number of benzene rings is 2. The summed E-state index contributed by atoms with van der Waals surface area (Å²) < 4.78 is 38.4. The minimum Gasteiger partial charge on any atom is -0.493 e. The van der Waals surface area contributed by atoms with E-state index in [4.69, 9.17) is 13.7 Å². The number of carbonyl (C=O) groups excluding carboxylic acids is 1. The summed E-state index contributed by atoms with van der Waals surface area (Å²) in [6, 6.07) is 12.3. The average Bonchev–Trinajstić information content (AvgIpc) is 2.70. The zero-order valence-corrected chi connectivity index (χ0v) is 19.4. The van der Waals surface area contributed by atoms with Gasteiger partial charge in [0, 0.05) is 25.9 Å². The van der Waals surface area contributed by atoms with E-state index < -0.39 is 10.1 Å². The van der Waals surface area contributed by atoms with Gasteiger partial charge < -0.3 is 23.9 Å². The van der Waals surface area contributed by atoms with E-state index in [-0.39, 0.29) is 24.1 Å². The van der Waals surface area contributed by atoms with Crippen molar-refractivity contribution in [2.45, 2.75) is 26.3 Å². The van der Waals surface area contributed by atoms with E-state index in [1.807, 2.05) is 24.3 Å². The molecule has 0 fully saturated rings. The van der Waals surface area contributed by atoms with Crippen molar-refractivity contribution in [3.63, 3.8) is 0 Å². The van der Waals surface area contributed by atoms with Gasteiger partial charge in [0.05, 0.1) is 20.0 Å². The fourth-order valence-electron chi connectivity index (χ4n) is 2.88. The Morgan fingerprint density at radius 1 is 1.06 bits per heavy atom. The Bertz CT molecular complexity index is 974. The van der Waals surface area contributed by atoms with Gasteiger partial charge in [-0.05, 0) is 41.3 Å². The topological polar surface area (TPSA) is 94.2 Å². The highest BCUT2D eigenvalue weighted by Gasteiger charge is 2.17. The first-order valence-electron chi connectivity index (χ1n) is 9.84. The zero-order chi connectivity index (χ0) is 23.0. The predicted octanol–water partition coefficient (Wildman–Crippen LogP) is 3.84. The molecule has 0 aliphatic rings. The number of hydrogen-bond acceptors (Lipinski definition) is 6. The summed E-state index contributed by atoms with van der Waals surface area (Å²) in [5.41, 5.74) is 2.55. The lowest BCUT2D eigenvalue weighted by Crippen LogP contribution is -2.36. The lowest BCUT2D eigenvalue weighted by Gasteiger charge is -2.23. The van der Waals surface area contributed by atoms with E-state index in [1.54, 1.807) is 30.2 Å². The second-order valence-corrected chi connectivity index (χ2v) is 8.97. The number of methoxy groups -OCH3 is 2. The summed E-state index contributed by atoms with van der Waals surface area (Å²) >= 11 is 0. The monoisotopic (exact) mass is 450 g/mol. The van der Waals surface area contributed by atoms with Gasteiger partial charge in [0.25, 0.3) is 0 Å². The summed E-state index contributed by atoms with van der Waals surface area (Å²) in [7, 11) is -0.744. The number of anilines is 1. The molecule has 0 heterocycles. The number of ether oxygens (including phenoxy) is 2. The van der Waals surface area contributed by atoms with E-state index in [0.29, 0.717) is 30.3 Å².